The summed E-state index contributed by atoms with van der Waals surface area (Å²) in [7, 11) is 0. The molecule has 0 heterocycles. The van der Waals surface area contributed by atoms with Gasteiger partial charge in [0.05, 0.1) is 6.07 Å². The summed E-state index contributed by atoms with van der Waals surface area (Å²) in [5.74, 6) is -1.58. The second kappa shape index (κ2) is 5.96. The van der Waals surface area contributed by atoms with E-state index >= 15 is 0 Å². The van der Waals surface area contributed by atoms with Crippen LogP contribution in [0.1, 0.15) is 20.8 Å². The quantitative estimate of drug-likeness (QED) is 0.715. The molecule has 0 rings (SSSR count). The monoisotopic (exact) mass is 222 g/mol. The van der Waals surface area contributed by atoms with Gasteiger partial charge >= 0.3 is 6.18 Å². The Balaban J connectivity index is 4.33. The van der Waals surface area contributed by atoms with Crippen LogP contribution < -0.4 is 0 Å². The molecule has 1 atom stereocenters. The summed E-state index contributed by atoms with van der Waals surface area (Å²) < 4.78 is 36.9. The van der Waals surface area contributed by atoms with Crippen molar-refractivity contribution in [3.05, 3.63) is 0 Å². The van der Waals surface area contributed by atoms with Crippen LogP contribution >= 0.6 is 0 Å². The van der Waals surface area contributed by atoms with E-state index in [1.807, 2.05) is 13.8 Å². The van der Waals surface area contributed by atoms with Gasteiger partial charge in [-0.2, -0.15) is 18.4 Å². The van der Waals surface area contributed by atoms with Crippen molar-refractivity contribution in [1.29, 1.82) is 5.26 Å². The third-order valence-corrected chi connectivity index (χ3v) is 2.06. The van der Waals surface area contributed by atoms with Crippen molar-refractivity contribution in [2.24, 2.45) is 11.8 Å². The lowest BCUT2D eigenvalue weighted by Crippen LogP contribution is -2.37. The molecule has 0 radical (unpaired) electrons. The van der Waals surface area contributed by atoms with Gasteiger partial charge in [-0.25, -0.2) is 0 Å². The highest BCUT2D eigenvalue weighted by molar-refractivity contribution is 4.90. The Kier molecular flexibility index (Phi) is 5.66. The van der Waals surface area contributed by atoms with Crippen molar-refractivity contribution in [2.45, 2.75) is 26.9 Å². The first-order valence-electron chi connectivity index (χ1n) is 4.99. The minimum atomic E-state index is -4.42. The van der Waals surface area contributed by atoms with E-state index in [0.717, 1.165) is 0 Å². The highest BCUT2D eigenvalue weighted by atomic mass is 19.4. The molecule has 5 heteroatoms. The van der Waals surface area contributed by atoms with E-state index in [1.54, 1.807) is 11.8 Å². The summed E-state index contributed by atoms with van der Waals surface area (Å²) in [6, 6.07) is 1.31. The molecule has 2 nitrogen and oxygen atoms in total. The lowest BCUT2D eigenvalue weighted by atomic mass is 10.1. The van der Waals surface area contributed by atoms with Crippen molar-refractivity contribution in [1.82, 2.24) is 4.90 Å². The third-order valence-electron chi connectivity index (χ3n) is 2.06. The van der Waals surface area contributed by atoms with E-state index in [0.29, 0.717) is 19.0 Å². The highest BCUT2D eigenvalue weighted by Crippen LogP contribution is 2.26. The van der Waals surface area contributed by atoms with Crippen LogP contribution in [0.5, 0.6) is 0 Å². The van der Waals surface area contributed by atoms with Gasteiger partial charge in [0, 0.05) is 13.1 Å². The van der Waals surface area contributed by atoms with Gasteiger partial charge in [-0.15, -0.1) is 0 Å². The summed E-state index contributed by atoms with van der Waals surface area (Å²) in [4.78, 5) is 1.66. The smallest absolute Gasteiger partial charge is 0.302 e. The standard InChI is InChI=1S/C10H17F3N2/c1-4-15(6-8(2)3)7-9(5-14)10(11,12)13/h8-9H,4,6-7H2,1-3H3. The fourth-order valence-corrected chi connectivity index (χ4v) is 1.32. The summed E-state index contributed by atoms with van der Waals surface area (Å²) in [5, 5.41) is 8.44. The molecule has 0 saturated heterocycles. The second-order valence-corrected chi connectivity index (χ2v) is 3.97. The lowest BCUT2D eigenvalue weighted by molar-refractivity contribution is -0.163. The van der Waals surface area contributed by atoms with Gasteiger partial charge in [0.2, 0.25) is 0 Å². The zero-order valence-electron chi connectivity index (χ0n) is 9.30. The molecule has 1 unspecified atom stereocenters. The molecule has 15 heavy (non-hydrogen) atoms. The zero-order chi connectivity index (χ0) is 12.1. The van der Waals surface area contributed by atoms with Gasteiger partial charge in [0.25, 0.3) is 0 Å². The van der Waals surface area contributed by atoms with Gasteiger partial charge < -0.3 is 4.90 Å². The van der Waals surface area contributed by atoms with Gasteiger partial charge in [0.15, 0.2) is 5.92 Å². The van der Waals surface area contributed by atoms with Crippen LogP contribution in [-0.4, -0.2) is 30.7 Å². The first kappa shape index (κ1) is 14.2. The van der Waals surface area contributed by atoms with E-state index in [1.165, 1.54) is 6.07 Å². The van der Waals surface area contributed by atoms with Gasteiger partial charge in [-0.1, -0.05) is 20.8 Å². The van der Waals surface area contributed by atoms with Crippen LogP contribution in [-0.2, 0) is 0 Å². The average molecular weight is 222 g/mol. The summed E-state index contributed by atoms with van der Waals surface area (Å²) in [6.45, 7) is 6.58. The number of halogens is 3. The Labute approximate surface area is 88.7 Å². The van der Waals surface area contributed by atoms with Crippen molar-refractivity contribution < 1.29 is 13.2 Å². The summed E-state index contributed by atoms with van der Waals surface area (Å²) in [5.41, 5.74) is 0. The Morgan fingerprint density at radius 3 is 2.07 bits per heavy atom. The number of nitriles is 1. The van der Waals surface area contributed by atoms with Crippen molar-refractivity contribution in [3.63, 3.8) is 0 Å². The maximum absolute atomic E-state index is 12.3. The second-order valence-electron chi connectivity index (χ2n) is 3.97. The molecule has 0 aliphatic rings. The predicted molar refractivity (Wildman–Crippen MR) is 52.1 cm³/mol. The molecule has 0 aliphatic carbocycles. The van der Waals surface area contributed by atoms with Gasteiger partial charge in [0.1, 0.15) is 0 Å². The molecular weight excluding hydrogens is 205 g/mol. The first-order chi connectivity index (χ1) is 6.81. The van der Waals surface area contributed by atoms with E-state index in [9.17, 15) is 13.2 Å². The van der Waals surface area contributed by atoms with Crippen molar-refractivity contribution >= 4 is 0 Å². The van der Waals surface area contributed by atoms with Crippen LogP contribution in [0.4, 0.5) is 13.2 Å². The molecule has 0 aromatic heterocycles. The molecule has 0 N–H and O–H groups in total. The van der Waals surface area contributed by atoms with E-state index in [4.69, 9.17) is 5.26 Å². The Bertz CT molecular complexity index is 218. The average Bonchev–Trinajstić information content (AvgIpc) is 2.09. The van der Waals surface area contributed by atoms with Crippen LogP contribution in [0.25, 0.3) is 0 Å². The fraction of sp³-hybridized carbons (Fsp3) is 0.900. The molecule has 0 aromatic carbocycles. The van der Waals surface area contributed by atoms with Crippen molar-refractivity contribution in [3.8, 4) is 6.07 Å². The highest BCUT2D eigenvalue weighted by Gasteiger charge is 2.40. The first-order valence-corrected chi connectivity index (χ1v) is 4.99. The normalized spacial score (nSPS) is 14.3. The van der Waals surface area contributed by atoms with Gasteiger partial charge in [-0.3, -0.25) is 0 Å². The molecular formula is C10H17F3N2. The Hall–Kier alpha value is -0.760. The topological polar surface area (TPSA) is 27.0 Å². The van der Waals surface area contributed by atoms with Crippen LogP contribution in [0.2, 0.25) is 0 Å². The fourth-order valence-electron chi connectivity index (χ4n) is 1.32. The maximum atomic E-state index is 12.3. The summed E-state index contributed by atoms with van der Waals surface area (Å²) in [6.07, 6.45) is -4.42. The SMILES string of the molecule is CCN(CC(C)C)CC(C#N)C(F)(F)F. The molecule has 0 bridgehead atoms. The molecule has 0 saturated carbocycles. The van der Waals surface area contributed by atoms with Crippen LogP contribution in [0, 0.1) is 23.2 Å². The Morgan fingerprint density at radius 2 is 1.80 bits per heavy atom. The zero-order valence-corrected chi connectivity index (χ0v) is 9.30. The minimum Gasteiger partial charge on any atom is -0.302 e. The van der Waals surface area contributed by atoms with E-state index in [-0.39, 0.29) is 6.54 Å². The van der Waals surface area contributed by atoms with Crippen molar-refractivity contribution in [2.75, 3.05) is 19.6 Å². The van der Waals surface area contributed by atoms with Crippen LogP contribution in [0.15, 0.2) is 0 Å². The number of rotatable bonds is 5. The number of hydrogen-bond acceptors (Lipinski definition) is 2. The number of alkyl halides is 3. The summed E-state index contributed by atoms with van der Waals surface area (Å²) >= 11 is 0. The number of hydrogen-bond donors (Lipinski definition) is 0. The molecule has 0 aromatic rings. The molecule has 0 amide bonds. The Morgan fingerprint density at radius 1 is 1.27 bits per heavy atom. The van der Waals surface area contributed by atoms with Gasteiger partial charge in [-0.05, 0) is 12.5 Å². The number of nitrogens with zero attached hydrogens (tertiary/aromatic N) is 2. The maximum Gasteiger partial charge on any atom is 0.405 e. The largest absolute Gasteiger partial charge is 0.405 e. The molecule has 0 spiro atoms. The minimum absolute atomic E-state index is 0.228. The predicted octanol–water partition coefficient (Wildman–Crippen LogP) is 2.67. The van der Waals surface area contributed by atoms with E-state index < -0.39 is 12.1 Å². The lowest BCUT2D eigenvalue weighted by Gasteiger charge is -2.25. The molecule has 0 fully saturated rings. The molecule has 0 aliphatic heterocycles. The van der Waals surface area contributed by atoms with E-state index in [2.05, 4.69) is 0 Å². The third kappa shape index (κ3) is 5.63. The molecule has 88 valence electrons. The van der Waals surface area contributed by atoms with Crippen LogP contribution in [0.3, 0.4) is 0 Å².